The fourth-order valence-corrected chi connectivity index (χ4v) is 3.52. The SMILES string of the molecule is CC(C)N1CCCCC1Cc1nc(C2CCNC2)no1. The van der Waals surface area contributed by atoms with Crippen LogP contribution in [0.25, 0.3) is 0 Å². The van der Waals surface area contributed by atoms with Gasteiger partial charge in [-0.1, -0.05) is 11.6 Å². The Morgan fingerprint density at radius 2 is 2.25 bits per heavy atom. The van der Waals surface area contributed by atoms with Crippen LogP contribution in [0.5, 0.6) is 0 Å². The average molecular weight is 278 g/mol. The summed E-state index contributed by atoms with van der Waals surface area (Å²) < 4.78 is 5.49. The zero-order chi connectivity index (χ0) is 13.9. The molecule has 2 atom stereocenters. The lowest BCUT2D eigenvalue weighted by Crippen LogP contribution is -2.45. The summed E-state index contributed by atoms with van der Waals surface area (Å²) in [5.41, 5.74) is 0. The molecular weight excluding hydrogens is 252 g/mol. The summed E-state index contributed by atoms with van der Waals surface area (Å²) in [6.07, 6.45) is 5.92. The normalized spacial score (nSPS) is 28.4. The highest BCUT2D eigenvalue weighted by atomic mass is 16.5. The Hall–Kier alpha value is -0.940. The third-order valence-corrected chi connectivity index (χ3v) is 4.66. The predicted molar refractivity (Wildman–Crippen MR) is 77.7 cm³/mol. The van der Waals surface area contributed by atoms with Gasteiger partial charge in [0.05, 0.1) is 0 Å². The molecule has 0 aliphatic carbocycles. The van der Waals surface area contributed by atoms with E-state index >= 15 is 0 Å². The Labute approximate surface area is 121 Å². The Kier molecular flexibility index (Phi) is 4.36. The summed E-state index contributed by atoms with van der Waals surface area (Å²) in [4.78, 5) is 7.22. The molecule has 0 aromatic carbocycles. The molecule has 2 aliphatic heterocycles. The average Bonchev–Trinajstić information content (AvgIpc) is 3.09. The van der Waals surface area contributed by atoms with Gasteiger partial charge >= 0.3 is 0 Å². The van der Waals surface area contributed by atoms with E-state index < -0.39 is 0 Å². The van der Waals surface area contributed by atoms with Crippen molar-refractivity contribution in [3.8, 4) is 0 Å². The van der Waals surface area contributed by atoms with Crippen LogP contribution >= 0.6 is 0 Å². The molecule has 2 unspecified atom stereocenters. The molecule has 0 radical (unpaired) electrons. The molecule has 0 spiro atoms. The van der Waals surface area contributed by atoms with Gasteiger partial charge in [-0.3, -0.25) is 4.90 Å². The zero-order valence-electron chi connectivity index (χ0n) is 12.6. The molecule has 3 rings (SSSR count). The Bertz CT molecular complexity index is 425. The fourth-order valence-electron chi connectivity index (χ4n) is 3.52. The largest absolute Gasteiger partial charge is 0.339 e. The Balaban J connectivity index is 1.64. The maximum atomic E-state index is 5.49. The lowest BCUT2D eigenvalue weighted by Gasteiger charge is -2.38. The van der Waals surface area contributed by atoms with E-state index in [1.165, 1.54) is 25.8 Å². The Morgan fingerprint density at radius 1 is 1.35 bits per heavy atom. The van der Waals surface area contributed by atoms with Crippen molar-refractivity contribution in [3.63, 3.8) is 0 Å². The van der Waals surface area contributed by atoms with Crippen LogP contribution in [0.15, 0.2) is 4.52 Å². The highest BCUT2D eigenvalue weighted by Crippen LogP contribution is 2.24. The van der Waals surface area contributed by atoms with Gasteiger partial charge in [0.15, 0.2) is 5.82 Å². The first-order chi connectivity index (χ1) is 9.74. The van der Waals surface area contributed by atoms with Gasteiger partial charge < -0.3 is 9.84 Å². The first-order valence-electron chi connectivity index (χ1n) is 8.03. The third-order valence-electron chi connectivity index (χ3n) is 4.66. The van der Waals surface area contributed by atoms with E-state index in [2.05, 4.69) is 34.2 Å². The molecule has 2 fully saturated rings. The lowest BCUT2D eigenvalue weighted by molar-refractivity contribution is 0.105. The minimum atomic E-state index is 0.444. The molecule has 0 saturated carbocycles. The van der Waals surface area contributed by atoms with E-state index in [0.29, 0.717) is 18.0 Å². The van der Waals surface area contributed by atoms with Gasteiger partial charge in [-0.2, -0.15) is 4.98 Å². The second-order valence-corrected chi connectivity index (χ2v) is 6.42. The molecular formula is C15H26N4O. The van der Waals surface area contributed by atoms with Crippen LogP contribution in [-0.2, 0) is 6.42 Å². The van der Waals surface area contributed by atoms with Crippen molar-refractivity contribution >= 4 is 0 Å². The molecule has 5 heteroatoms. The molecule has 2 aliphatic rings. The number of piperidine rings is 1. The Morgan fingerprint density at radius 3 is 3.00 bits per heavy atom. The van der Waals surface area contributed by atoms with Crippen molar-refractivity contribution in [1.29, 1.82) is 0 Å². The van der Waals surface area contributed by atoms with E-state index in [9.17, 15) is 0 Å². The standard InChI is InChI=1S/C15H26N4O/c1-11(2)19-8-4-3-5-13(19)9-14-17-15(18-20-14)12-6-7-16-10-12/h11-13,16H,3-10H2,1-2H3. The lowest BCUT2D eigenvalue weighted by atomic mass is 9.98. The van der Waals surface area contributed by atoms with E-state index in [0.717, 1.165) is 37.6 Å². The number of hydrogen-bond acceptors (Lipinski definition) is 5. The van der Waals surface area contributed by atoms with Crippen LogP contribution in [-0.4, -0.2) is 46.8 Å². The molecule has 112 valence electrons. The first kappa shape index (κ1) is 14.0. The van der Waals surface area contributed by atoms with Gasteiger partial charge in [-0.15, -0.1) is 0 Å². The molecule has 1 aromatic rings. The second-order valence-electron chi connectivity index (χ2n) is 6.42. The summed E-state index contributed by atoms with van der Waals surface area (Å²) in [5.74, 6) is 2.17. The van der Waals surface area contributed by atoms with Crippen LogP contribution in [0, 0.1) is 0 Å². The minimum Gasteiger partial charge on any atom is -0.339 e. The number of nitrogens with one attached hydrogen (secondary N) is 1. The fraction of sp³-hybridized carbons (Fsp3) is 0.867. The third kappa shape index (κ3) is 3.04. The smallest absolute Gasteiger partial charge is 0.228 e. The van der Waals surface area contributed by atoms with Crippen LogP contribution < -0.4 is 5.32 Å². The minimum absolute atomic E-state index is 0.444. The van der Waals surface area contributed by atoms with Crippen molar-refractivity contribution in [2.45, 2.75) is 64.0 Å². The molecule has 2 saturated heterocycles. The van der Waals surface area contributed by atoms with Crippen molar-refractivity contribution in [3.05, 3.63) is 11.7 Å². The topological polar surface area (TPSA) is 54.2 Å². The molecule has 5 nitrogen and oxygen atoms in total. The number of rotatable bonds is 4. The zero-order valence-corrected chi connectivity index (χ0v) is 12.6. The molecule has 0 bridgehead atoms. The molecule has 1 aromatic heterocycles. The van der Waals surface area contributed by atoms with Crippen LogP contribution in [0.1, 0.15) is 57.2 Å². The van der Waals surface area contributed by atoms with Gasteiger partial charge in [-0.25, -0.2) is 0 Å². The quantitative estimate of drug-likeness (QED) is 0.912. The second kappa shape index (κ2) is 6.22. The molecule has 0 amide bonds. The number of nitrogens with zero attached hydrogens (tertiary/aromatic N) is 3. The summed E-state index contributed by atoms with van der Waals surface area (Å²) in [7, 11) is 0. The highest BCUT2D eigenvalue weighted by molar-refractivity contribution is 5.00. The van der Waals surface area contributed by atoms with Gasteiger partial charge in [0.25, 0.3) is 0 Å². The van der Waals surface area contributed by atoms with Crippen LogP contribution in [0.3, 0.4) is 0 Å². The summed E-state index contributed by atoms with van der Waals surface area (Å²) in [6, 6.07) is 1.17. The first-order valence-corrected chi connectivity index (χ1v) is 8.03. The maximum absolute atomic E-state index is 5.49. The van der Waals surface area contributed by atoms with Crippen molar-refractivity contribution < 1.29 is 4.52 Å². The number of aromatic nitrogens is 2. The summed E-state index contributed by atoms with van der Waals surface area (Å²) in [5, 5.41) is 7.54. The van der Waals surface area contributed by atoms with Crippen molar-refractivity contribution in [2.24, 2.45) is 0 Å². The predicted octanol–water partition coefficient (Wildman–Crippen LogP) is 1.95. The van der Waals surface area contributed by atoms with E-state index in [4.69, 9.17) is 4.52 Å². The monoisotopic (exact) mass is 278 g/mol. The summed E-state index contributed by atoms with van der Waals surface area (Å²) >= 11 is 0. The molecule has 20 heavy (non-hydrogen) atoms. The van der Waals surface area contributed by atoms with Crippen molar-refractivity contribution in [2.75, 3.05) is 19.6 Å². The number of hydrogen-bond donors (Lipinski definition) is 1. The number of likely N-dealkylation sites (tertiary alicyclic amines) is 1. The van der Waals surface area contributed by atoms with E-state index in [-0.39, 0.29) is 0 Å². The van der Waals surface area contributed by atoms with Gasteiger partial charge in [0.1, 0.15) is 0 Å². The molecule has 3 heterocycles. The van der Waals surface area contributed by atoms with E-state index in [1.54, 1.807) is 0 Å². The van der Waals surface area contributed by atoms with Crippen LogP contribution in [0.2, 0.25) is 0 Å². The highest BCUT2D eigenvalue weighted by Gasteiger charge is 2.28. The van der Waals surface area contributed by atoms with Crippen molar-refractivity contribution in [1.82, 2.24) is 20.4 Å². The maximum Gasteiger partial charge on any atom is 0.228 e. The van der Waals surface area contributed by atoms with Gasteiger partial charge in [0.2, 0.25) is 5.89 Å². The molecule has 1 N–H and O–H groups in total. The van der Waals surface area contributed by atoms with Gasteiger partial charge in [0, 0.05) is 31.0 Å². The van der Waals surface area contributed by atoms with Gasteiger partial charge in [-0.05, 0) is 46.2 Å². The van der Waals surface area contributed by atoms with E-state index in [1.807, 2.05) is 0 Å². The summed E-state index contributed by atoms with van der Waals surface area (Å²) in [6.45, 7) is 7.82. The van der Waals surface area contributed by atoms with Crippen LogP contribution in [0.4, 0.5) is 0 Å².